The van der Waals surface area contributed by atoms with Crippen molar-refractivity contribution in [3.63, 3.8) is 0 Å². The first-order valence-electron chi connectivity index (χ1n) is 12.2. The molecule has 0 atom stereocenters. The second kappa shape index (κ2) is 9.38. The maximum Gasteiger partial charge on any atom is 0.254 e. The molecule has 5 rings (SSSR count). The van der Waals surface area contributed by atoms with Crippen molar-refractivity contribution in [2.45, 2.75) is 70.4 Å². The largest absolute Gasteiger partial charge is 0.487 e. The zero-order valence-corrected chi connectivity index (χ0v) is 19.3. The summed E-state index contributed by atoms with van der Waals surface area (Å²) in [7, 11) is 0. The number of aryl methyl sites for hydroxylation is 2. The van der Waals surface area contributed by atoms with Gasteiger partial charge in [0.05, 0.1) is 5.69 Å². The van der Waals surface area contributed by atoms with Crippen LogP contribution in [0.1, 0.15) is 82.7 Å². The molecule has 0 bridgehead atoms. The lowest BCUT2D eigenvalue weighted by molar-refractivity contribution is 0.112. The molecule has 2 fully saturated rings. The summed E-state index contributed by atoms with van der Waals surface area (Å²) in [5.41, 5.74) is 6.51. The molecule has 0 amide bonds. The molecule has 0 radical (unpaired) electrons. The van der Waals surface area contributed by atoms with Gasteiger partial charge in [-0.05, 0) is 85.3 Å². The van der Waals surface area contributed by atoms with Gasteiger partial charge < -0.3 is 9.30 Å². The van der Waals surface area contributed by atoms with Crippen molar-refractivity contribution in [1.82, 2.24) is 4.57 Å². The molecule has 4 nitrogen and oxygen atoms in total. The lowest BCUT2D eigenvalue weighted by Gasteiger charge is -2.20. The molecule has 0 aliphatic heterocycles. The van der Waals surface area contributed by atoms with E-state index in [1.807, 2.05) is 41.0 Å². The maximum absolute atomic E-state index is 13.6. The Morgan fingerprint density at radius 3 is 2.33 bits per heavy atom. The number of benzene rings is 2. The molecular formula is C29H31NO3. The second-order valence-electron chi connectivity index (χ2n) is 9.41. The molecule has 2 aliphatic rings. The summed E-state index contributed by atoms with van der Waals surface area (Å²) in [6, 6.07) is 18.1. The number of ether oxygens (including phenoxy) is 1. The maximum atomic E-state index is 13.6. The fraction of sp³-hybridized carbons (Fsp3) is 0.379. The van der Waals surface area contributed by atoms with Crippen LogP contribution in [0, 0.1) is 0 Å². The van der Waals surface area contributed by atoms with Crippen molar-refractivity contribution in [3.8, 4) is 5.75 Å². The Morgan fingerprint density at radius 2 is 1.67 bits per heavy atom. The Balaban J connectivity index is 1.47. The standard InChI is InChI=1S/C29H31NO3/c1-2-20-4-3-5-25(16-20)33-19-28-26(23-10-11-23)17-27(24-12-13-24)29(32)30(28)15-14-21-6-8-22(18-31)9-7-21/h3-9,16-18,23-24H,2,10-15,19H2,1H3. The molecule has 0 spiro atoms. The van der Waals surface area contributed by atoms with Crippen LogP contribution in [0.4, 0.5) is 0 Å². The molecule has 1 aromatic heterocycles. The minimum Gasteiger partial charge on any atom is -0.487 e. The Morgan fingerprint density at radius 1 is 0.939 bits per heavy atom. The van der Waals surface area contributed by atoms with Gasteiger partial charge in [-0.25, -0.2) is 0 Å². The number of hydrogen-bond acceptors (Lipinski definition) is 3. The minimum absolute atomic E-state index is 0.146. The Bertz CT molecular complexity index is 1200. The van der Waals surface area contributed by atoms with Gasteiger partial charge in [-0.3, -0.25) is 9.59 Å². The Kier molecular flexibility index (Phi) is 6.17. The van der Waals surface area contributed by atoms with E-state index in [1.165, 1.54) is 24.0 Å². The van der Waals surface area contributed by atoms with Crippen LogP contribution in [-0.4, -0.2) is 10.9 Å². The molecule has 2 saturated carbocycles. The highest BCUT2D eigenvalue weighted by Crippen LogP contribution is 2.45. The molecule has 1 heterocycles. The van der Waals surface area contributed by atoms with E-state index in [0.29, 0.717) is 30.6 Å². The quantitative estimate of drug-likeness (QED) is 0.374. The number of pyridine rings is 1. The van der Waals surface area contributed by atoms with Gasteiger partial charge in [0.15, 0.2) is 0 Å². The van der Waals surface area contributed by atoms with Crippen LogP contribution in [0.5, 0.6) is 5.75 Å². The lowest BCUT2D eigenvalue weighted by Crippen LogP contribution is -2.29. The summed E-state index contributed by atoms with van der Waals surface area (Å²) >= 11 is 0. The van der Waals surface area contributed by atoms with Crippen LogP contribution in [0.3, 0.4) is 0 Å². The third-order valence-corrected chi connectivity index (χ3v) is 6.92. The highest BCUT2D eigenvalue weighted by Gasteiger charge is 2.33. The highest BCUT2D eigenvalue weighted by atomic mass is 16.5. The van der Waals surface area contributed by atoms with Crippen molar-refractivity contribution in [2.24, 2.45) is 0 Å². The molecule has 0 N–H and O–H groups in total. The molecule has 0 unspecified atom stereocenters. The molecule has 170 valence electrons. The van der Waals surface area contributed by atoms with Crippen LogP contribution in [0.15, 0.2) is 59.4 Å². The van der Waals surface area contributed by atoms with E-state index in [2.05, 4.69) is 25.1 Å². The van der Waals surface area contributed by atoms with E-state index in [1.54, 1.807) is 0 Å². The van der Waals surface area contributed by atoms with Gasteiger partial charge in [-0.2, -0.15) is 0 Å². The van der Waals surface area contributed by atoms with Crippen LogP contribution in [0.2, 0.25) is 0 Å². The highest BCUT2D eigenvalue weighted by molar-refractivity contribution is 5.74. The van der Waals surface area contributed by atoms with Gasteiger partial charge in [-0.15, -0.1) is 0 Å². The molecule has 4 heteroatoms. The van der Waals surface area contributed by atoms with Gasteiger partial charge in [0, 0.05) is 17.7 Å². The summed E-state index contributed by atoms with van der Waals surface area (Å²) < 4.78 is 8.23. The van der Waals surface area contributed by atoms with Crippen molar-refractivity contribution in [3.05, 3.63) is 98.5 Å². The average Bonchev–Trinajstić information content (AvgIpc) is 3.76. The lowest BCUT2D eigenvalue weighted by atomic mass is 10.0. The zero-order valence-electron chi connectivity index (χ0n) is 19.3. The van der Waals surface area contributed by atoms with Crippen molar-refractivity contribution in [1.29, 1.82) is 0 Å². The number of rotatable bonds is 10. The fourth-order valence-electron chi connectivity index (χ4n) is 4.59. The van der Waals surface area contributed by atoms with E-state index in [0.717, 1.165) is 54.5 Å². The third kappa shape index (κ3) is 4.95. The first kappa shape index (κ1) is 21.7. The van der Waals surface area contributed by atoms with Crippen LogP contribution in [0.25, 0.3) is 0 Å². The molecule has 3 aromatic rings. The van der Waals surface area contributed by atoms with Crippen LogP contribution >= 0.6 is 0 Å². The number of aromatic nitrogens is 1. The van der Waals surface area contributed by atoms with Gasteiger partial charge in [0.1, 0.15) is 18.6 Å². The fourth-order valence-corrected chi connectivity index (χ4v) is 4.59. The van der Waals surface area contributed by atoms with Crippen molar-refractivity contribution >= 4 is 6.29 Å². The molecule has 2 aliphatic carbocycles. The van der Waals surface area contributed by atoms with Crippen molar-refractivity contribution < 1.29 is 9.53 Å². The van der Waals surface area contributed by atoms with Gasteiger partial charge in [0.2, 0.25) is 0 Å². The minimum atomic E-state index is 0.146. The summed E-state index contributed by atoms with van der Waals surface area (Å²) in [6.45, 7) is 3.16. The van der Waals surface area contributed by atoms with E-state index in [9.17, 15) is 9.59 Å². The van der Waals surface area contributed by atoms with Crippen LogP contribution in [-0.2, 0) is 26.0 Å². The number of aldehydes is 1. The summed E-state index contributed by atoms with van der Waals surface area (Å²) in [4.78, 5) is 24.5. The third-order valence-electron chi connectivity index (χ3n) is 6.92. The monoisotopic (exact) mass is 441 g/mol. The molecule has 33 heavy (non-hydrogen) atoms. The van der Waals surface area contributed by atoms with Gasteiger partial charge >= 0.3 is 0 Å². The molecule has 2 aromatic carbocycles. The number of hydrogen-bond donors (Lipinski definition) is 0. The Labute approximate surface area is 195 Å². The van der Waals surface area contributed by atoms with E-state index >= 15 is 0 Å². The van der Waals surface area contributed by atoms with Gasteiger partial charge in [-0.1, -0.05) is 43.3 Å². The number of nitrogens with zero attached hydrogens (tertiary/aromatic N) is 1. The van der Waals surface area contributed by atoms with E-state index in [-0.39, 0.29) is 5.56 Å². The number of carbonyl (C=O) groups excluding carboxylic acids is 1. The normalized spacial score (nSPS) is 15.4. The SMILES string of the molecule is CCc1cccc(OCc2c(C3CC3)cc(C3CC3)c(=O)n2CCc2ccc(C=O)cc2)c1. The van der Waals surface area contributed by atoms with Gasteiger partial charge in [0.25, 0.3) is 5.56 Å². The predicted molar refractivity (Wildman–Crippen MR) is 130 cm³/mol. The average molecular weight is 442 g/mol. The first-order chi connectivity index (χ1) is 16.2. The van der Waals surface area contributed by atoms with Crippen LogP contribution < -0.4 is 10.3 Å². The molecule has 0 saturated heterocycles. The Hall–Kier alpha value is -3.14. The second-order valence-corrected chi connectivity index (χ2v) is 9.41. The smallest absolute Gasteiger partial charge is 0.254 e. The zero-order chi connectivity index (χ0) is 22.8. The van der Waals surface area contributed by atoms with E-state index < -0.39 is 0 Å². The summed E-state index contributed by atoms with van der Waals surface area (Å²) in [5.74, 6) is 1.82. The van der Waals surface area contributed by atoms with E-state index in [4.69, 9.17) is 4.74 Å². The summed E-state index contributed by atoms with van der Waals surface area (Å²) in [5, 5.41) is 0. The topological polar surface area (TPSA) is 48.3 Å². The first-order valence-corrected chi connectivity index (χ1v) is 12.2. The predicted octanol–water partition coefficient (Wildman–Crippen LogP) is 5.80. The number of carbonyl (C=O) groups is 1. The van der Waals surface area contributed by atoms with Crippen molar-refractivity contribution in [2.75, 3.05) is 0 Å². The summed E-state index contributed by atoms with van der Waals surface area (Å²) in [6.07, 6.45) is 7.18. The molecular weight excluding hydrogens is 410 g/mol.